The second-order valence-corrected chi connectivity index (χ2v) is 22.3. The van der Waals surface area contributed by atoms with Gasteiger partial charge in [-0.15, -0.1) is 0 Å². The lowest BCUT2D eigenvalue weighted by molar-refractivity contribution is -0.137. The van der Waals surface area contributed by atoms with Crippen molar-refractivity contribution in [1.29, 1.82) is 0 Å². The maximum absolute atomic E-state index is 14.6. The zero-order chi connectivity index (χ0) is 47.2. The Kier molecular flexibility index (Phi) is 11.5. The Labute approximate surface area is 353 Å². The number of aromatic amines is 1. The van der Waals surface area contributed by atoms with Gasteiger partial charge in [-0.1, -0.05) is 18.2 Å². The Morgan fingerprint density at radius 2 is 1.16 bits per heavy atom. The van der Waals surface area contributed by atoms with E-state index in [1.54, 1.807) is 0 Å². The summed E-state index contributed by atoms with van der Waals surface area (Å²) in [6.07, 6.45) is -1.50. The number of aliphatic carboxylic acids is 1. The number of carbonyl (C=O) groups excluding carboxylic acids is 2. The highest BCUT2D eigenvalue weighted by Crippen LogP contribution is 2.47. The molecule has 5 aromatic rings. The summed E-state index contributed by atoms with van der Waals surface area (Å²) >= 11 is 0. The van der Waals surface area contributed by atoms with E-state index in [1.165, 1.54) is 0 Å². The van der Waals surface area contributed by atoms with Gasteiger partial charge >= 0.3 is 5.97 Å². The first-order valence-electron chi connectivity index (χ1n) is 16.6. The summed E-state index contributed by atoms with van der Waals surface area (Å²) in [5.74, 6) is -5.51. The summed E-state index contributed by atoms with van der Waals surface area (Å²) in [7, 11) is -32.5. The normalized spacial score (nSPS) is 13.4. The lowest BCUT2D eigenvalue weighted by Gasteiger charge is -2.26. The van der Waals surface area contributed by atoms with Crippen LogP contribution in [-0.2, 0) is 65.2 Å². The molecular weight excluding hydrogens is 969 g/mol. The van der Waals surface area contributed by atoms with Gasteiger partial charge in [0.1, 0.15) is 14.7 Å². The molecule has 0 saturated carbocycles. The number of ketones is 2. The van der Waals surface area contributed by atoms with Crippen molar-refractivity contribution < 1.29 is 92.8 Å². The highest BCUT2D eigenvalue weighted by Gasteiger charge is 2.38. The Morgan fingerprint density at radius 1 is 0.587 bits per heavy atom. The molecule has 1 aliphatic carbocycles. The molecule has 63 heavy (non-hydrogen) atoms. The zero-order valence-electron chi connectivity index (χ0n) is 30.6. The SMILES string of the molecule is O=C(O)CCCS(=O)(=O)c1cc(Nc2cc(S(=O)(=O)O)c3[nH]c(=O)c(C(=O)c4cccc(S(=O)(=O)O)c4)c4c3c2C(=O)c2cc(S(=O)(=O)O)ccc2-4)c(S(=O)(=O)O)cc1S(=O)(=O)O. The third-order valence-electron chi connectivity index (χ3n) is 9.20. The van der Waals surface area contributed by atoms with Crippen molar-refractivity contribution in [2.45, 2.75) is 42.2 Å². The van der Waals surface area contributed by atoms with Crippen molar-refractivity contribution in [2.75, 3.05) is 11.1 Å². The third-order valence-corrected chi connectivity index (χ3v) is 15.5. The fourth-order valence-corrected chi connectivity index (χ4v) is 11.7. The number of pyridine rings is 1. The highest BCUT2D eigenvalue weighted by atomic mass is 32.2. The lowest BCUT2D eigenvalue weighted by Crippen LogP contribution is -2.25. The minimum absolute atomic E-state index is 0.0801. The fraction of sp³-hybridized carbons (Fsp3) is 0.0909. The van der Waals surface area contributed by atoms with Gasteiger partial charge in [-0.2, -0.15) is 42.1 Å². The van der Waals surface area contributed by atoms with E-state index in [0.29, 0.717) is 24.3 Å². The van der Waals surface area contributed by atoms with Crippen LogP contribution in [-0.4, -0.2) is 107 Å². The van der Waals surface area contributed by atoms with E-state index in [1.807, 2.05) is 4.98 Å². The molecule has 6 rings (SSSR count). The van der Waals surface area contributed by atoms with Crippen LogP contribution in [0.3, 0.4) is 0 Å². The number of carboxylic acid groups (broad SMARTS) is 1. The van der Waals surface area contributed by atoms with Gasteiger partial charge in [-0.3, -0.25) is 41.9 Å². The van der Waals surface area contributed by atoms with Gasteiger partial charge < -0.3 is 15.4 Å². The van der Waals surface area contributed by atoms with Crippen LogP contribution in [0.5, 0.6) is 0 Å². The number of anilines is 2. The number of benzene rings is 4. The number of fused-ring (bicyclic) bond motifs is 2. The standard InChI is InChI=1S/C33H24N2O22S6/c36-25(37)5-2-8-58(41,42)22-11-19(21(61(49,50)51)13-23(22)62(52,53)54)34-20-12-24(63(55,56)57)30-28-26(17-7-6-16(60(46,47)48)10-18(17)32(39)27(20)28)29(33(40)35-30)31(38)14-3-1-4-15(9-14)59(43,44)45/h1,3-4,6-7,9-13,34H,2,5,8H2,(H,35,40)(H,36,37)(H,43,44,45)(H,46,47,48)(H,49,50,51)(H,52,53,54)(H,55,56,57). The van der Waals surface area contributed by atoms with Crippen LogP contribution in [0.25, 0.3) is 22.0 Å². The number of hydrogen-bond acceptors (Lipinski definition) is 17. The van der Waals surface area contributed by atoms with Crippen LogP contribution in [0.1, 0.15) is 44.7 Å². The number of nitrogens with one attached hydrogen (secondary N) is 2. The van der Waals surface area contributed by atoms with Crippen LogP contribution >= 0.6 is 0 Å². The van der Waals surface area contributed by atoms with Crippen molar-refractivity contribution in [3.05, 3.63) is 93.3 Å². The second-order valence-electron chi connectivity index (χ2n) is 13.3. The van der Waals surface area contributed by atoms with Gasteiger partial charge in [0.2, 0.25) is 0 Å². The average molecular weight is 993 g/mol. The summed E-state index contributed by atoms with van der Waals surface area (Å²) in [4.78, 5) is 47.9. The minimum atomic E-state index is -5.78. The fourth-order valence-electron chi connectivity index (χ4n) is 6.60. The van der Waals surface area contributed by atoms with Crippen LogP contribution < -0.4 is 10.9 Å². The van der Waals surface area contributed by atoms with E-state index in [-0.39, 0.29) is 12.1 Å². The average Bonchev–Trinajstić information content (AvgIpc) is 3.14. The zero-order valence-corrected chi connectivity index (χ0v) is 35.5. The predicted octanol–water partition coefficient (Wildman–Crippen LogP) is 1.59. The topological polar surface area (TPSA) is 422 Å². The van der Waals surface area contributed by atoms with Crippen molar-refractivity contribution in [1.82, 2.24) is 4.98 Å². The van der Waals surface area contributed by atoms with Gasteiger partial charge in [0.15, 0.2) is 21.4 Å². The van der Waals surface area contributed by atoms with E-state index in [4.69, 9.17) is 5.11 Å². The van der Waals surface area contributed by atoms with Gasteiger partial charge in [0.05, 0.1) is 48.5 Å². The van der Waals surface area contributed by atoms with Gasteiger partial charge in [-0.25, -0.2) is 8.42 Å². The molecule has 8 N–H and O–H groups in total. The second kappa shape index (κ2) is 15.5. The molecule has 4 aromatic carbocycles. The summed E-state index contributed by atoms with van der Waals surface area (Å²) in [6, 6.07) is 5.73. The molecule has 1 aliphatic rings. The Balaban J connectivity index is 1.80. The van der Waals surface area contributed by atoms with E-state index < -0.39 is 187 Å². The van der Waals surface area contributed by atoms with Crippen molar-refractivity contribution in [2.24, 2.45) is 0 Å². The highest BCUT2D eigenvalue weighted by molar-refractivity contribution is 7.93. The monoisotopic (exact) mass is 992 g/mol. The summed E-state index contributed by atoms with van der Waals surface area (Å²) in [5.41, 5.74) is -9.62. The third kappa shape index (κ3) is 8.90. The molecular formula is C33H24N2O22S6. The first-order valence-corrected chi connectivity index (χ1v) is 25.5. The molecule has 0 aliphatic heterocycles. The van der Waals surface area contributed by atoms with Crippen LogP contribution in [0.4, 0.5) is 11.4 Å². The molecule has 1 heterocycles. The van der Waals surface area contributed by atoms with E-state index in [0.717, 1.165) is 24.3 Å². The molecule has 0 radical (unpaired) electrons. The van der Waals surface area contributed by atoms with Gasteiger partial charge in [-0.05, 0) is 54.4 Å². The minimum Gasteiger partial charge on any atom is -0.481 e. The maximum Gasteiger partial charge on any atom is 0.303 e. The number of sulfone groups is 1. The number of rotatable bonds is 14. The van der Waals surface area contributed by atoms with E-state index in [2.05, 4.69) is 5.32 Å². The molecule has 0 spiro atoms. The Morgan fingerprint density at radius 3 is 1.71 bits per heavy atom. The number of carbonyl (C=O) groups is 3. The first-order chi connectivity index (χ1) is 28.7. The molecule has 24 nitrogen and oxygen atoms in total. The molecule has 30 heteroatoms. The molecule has 0 unspecified atom stereocenters. The quantitative estimate of drug-likeness (QED) is 0.0567. The van der Waals surface area contributed by atoms with E-state index in [9.17, 15) is 92.4 Å². The molecule has 334 valence electrons. The number of H-pyrrole nitrogens is 1. The summed E-state index contributed by atoms with van der Waals surface area (Å²) in [5, 5.41) is 10.3. The predicted molar refractivity (Wildman–Crippen MR) is 211 cm³/mol. The van der Waals surface area contributed by atoms with Crippen molar-refractivity contribution >= 4 is 100 Å². The maximum atomic E-state index is 14.6. The summed E-state index contributed by atoms with van der Waals surface area (Å²) < 4.78 is 202. The Hall–Kier alpha value is -5.80. The van der Waals surface area contributed by atoms with Crippen molar-refractivity contribution in [3.8, 4) is 11.1 Å². The molecule has 0 amide bonds. The van der Waals surface area contributed by atoms with Crippen LogP contribution in [0, 0.1) is 0 Å². The first kappa shape index (κ1) is 46.7. The lowest BCUT2D eigenvalue weighted by atomic mass is 9.80. The number of carboxylic acids is 1. The number of aromatic nitrogens is 1. The summed E-state index contributed by atoms with van der Waals surface area (Å²) in [6.45, 7) is 0. The van der Waals surface area contributed by atoms with Crippen molar-refractivity contribution in [3.63, 3.8) is 0 Å². The Bertz CT molecular complexity index is 3690. The van der Waals surface area contributed by atoms with Crippen LogP contribution in [0.2, 0.25) is 0 Å². The number of hydrogen-bond donors (Lipinski definition) is 8. The van der Waals surface area contributed by atoms with Crippen LogP contribution in [0.15, 0.2) is 94.8 Å². The smallest absolute Gasteiger partial charge is 0.303 e. The molecule has 0 fully saturated rings. The molecule has 0 saturated heterocycles. The van der Waals surface area contributed by atoms with Gasteiger partial charge in [0, 0.05) is 28.5 Å². The van der Waals surface area contributed by atoms with E-state index >= 15 is 0 Å². The van der Waals surface area contributed by atoms with Gasteiger partial charge in [0.25, 0.3) is 56.1 Å². The molecule has 0 bridgehead atoms. The largest absolute Gasteiger partial charge is 0.481 e. The molecule has 0 atom stereocenters. The molecule has 1 aromatic heterocycles.